The highest BCUT2D eigenvalue weighted by molar-refractivity contribution is 5.94. The molecule has 4 rings (SSSR count). The van der Waals surface area contributed by atoms with Crippen molar-refractivity contribution >= 4 is 28.8 Å². The maximum Gasteiger partial charge on any atom is 0.326 e. The number of benzene rings is 2. The topological polar surface area (TPSA) is 126 Å². The number of H-pyrrole nitrogens is 1. The lowest BCUT2D eigenvalue weighted by atomic mass is 9.99. The fourth-order valence-electron chi connectivity index (χ4n) is 4.62. The molecule has 2 unspecified atom stereocenters. The Morgan fingerprint density at radius 1 is 1.14 bits per heavy atom. The number of urea groups is 1. The fourth-order valence-corrected chi connectivity index (χ4v) is 4.62. The second-order valence-corrected chi connectivity index (χ2v) is 8.93. The number of nitrogens with one attached hydrogen (secondary N) is 2. The summed E-state index contributed by atoms with van der Waals surface area (Å²) >= 11 is 0. The number of carbonyl (C=O) groups excluding carboxylic acids is 2. The molecule has 0 spiro atoms. The predicted molar refractivity (Wildman–Crippen MR) is 131 cm³/mol. The molecule has 0 saturated carbocycles. The highest BCUT2D eigenvalue weighted by Crippen LogP contribution is 2.22. The van der Waals surface area contributed by atoms with Gasteiger partial charge in [0.2, 0.25) is 0 Å². The Balaban J connectivity index is 1.52. The second kappa shape index (κ2) is 10.6. The van der Waals surface area contributed by atoms with Gasteiger partial charge < -0.3 is 30.3 Å². The fraction of sp³-hybridized carbons (Fsp3) is 0.346. The summed E-state index contributed by atoms with van der Waals surface area (Å²) in [6, 6.07) is 14.5. The number of carboxylic acid groups (broad SMARTS) is 1. The van der Waals surface area contributed by atoms with Gasteiger partial charge in [-0.25, -0.2) is 9.59 Å². The van der Waals surface area contributed by atoms with Crippen LogP contribution in [0, 0.1) is 0 Å². The zero-order chi connectivity index (χ0) is 24.9. The van der Waals surface area contributed by atoms with Gasteiger partial charge in [-0.3, -0.25) is 4.79 Å². The first-order valence-corrected chi connectivity index (χ1v) is 11.7. The number of carboxylic acids is 1. The quantitative estimate of drug-likeness (QED) is 0.396. The number of likely N-dealkylation sites (N-methyl/N-ethyl adjacent to an activating group) is 1. The average Bonchev–Trinajstić information content (AvgIpc) is 3.51. The van der Waals surface area contributed by atoms with Gasteiger partial charge in [-0.2, -0.15) is 0 Å². The molecule has 1 aromatic heterocycles. The van der Waals surface area contributed by atoms with Gasteiger partial charge in [0.25, 0.3) is 5.91 Å². The number of hydrogen-bond donors (Lipinski definition) is 4. The van der Waals surface area contributed by atoms with Crippen molar-refractivity contribution in [2.24, 2.45) is 0 Å². The summed E-state index contributed by atoms with van der Waals surface area (Å²) in [6.45, 7) is 0.295. The summed E-state index contributed by atoms with van der Waals surface area (Å²) in [7, 11) is 1.53. The molecule has 2 heterocycles. The first-order chi connectivity index (χ1) is 16.8. The van der Waals surface area contributed by atoms with Crippen molar-refractivity contribution in [1.82, 2.24) is 20.1 Å². The molecule has 0 radical (unpaired) electrons. The number of carbonyl (C=O) groups is 3. The van der Waals surface area contributed by atoms with Crippen molar-refractivity contribution in [2.45, 2.75) is 37.5 Å². The summed E-state index contributed by atoms with van der Waals surface area (Å²) < 4.78 is 0. The molecular formula is C26H30N4O5. The number of amides is 3. The van der Waals surface area contributed by atoms with Crippen LogP contribution < -0.4 is 5.32 Å². The van der Waals surface area contributed by atoms with E-state index in [4.69, 9.17) is 0 Å². The highest BCUT2D eigenvalue weighted by atomic mass is 16.4. The van der Waals surface area contributed by atoms with Crippen LogP contribution in [0.25, 0.3) is 10.9 Å². The van der Waals surface area contributed by atoms with Gasteiger partial charge >= 0.3 is 12.0 Å². The molecule has 1 saturated heterocycles. The van der Waals surface area contributed by atoms with E-state index in [9.17, 15) is 24.6 Å². The van der Waals surface area contributed by atoms with Crippen molar-refractivity contribution in [1.29, 1.82) is 0 Å². The Bertz CT molecular complexity index is 1190. The molecule has 1 fully saturated rings. The van der Waals surface area contributed by atoms with Crippen LogP contribution in [0.4, 0.5) is 4.79 Å². The monoisotopic (exact) mass is 478 g/mol. The second-order valence-electron chi connectivity index (χ2n) is 8.93. The third kappa shape index (κ3) is 5.46. The van der Waals surface area contributed by atoms with E-state index < -0.39 is 30.2 Å². The molecule has 0 aliphatic carbocycles. The Morgan fingerprint density at radius 2 is 1.86 bits per heavy atom. The van der Waals surface area contributed by atoms with Crippen LogP contribution in [0.5, 0.6) is 0 Å². The van der Waals surface area contributed by atoms with Gasteiger partial charge in [-0.15, -0.1) is 0 Å². The van der Waals surface area contributed by atoms with Crippen LogP contribution in [0.3, 0.4) is 0 Å². The van der Waals surface area contributed by atoms with Crippen molar-refractivity contribution in [3.63, 3.8) is 0 Å². The first kappa shape index (κ1) is 24.3. The van der Waals surface area contributed by atoms with E-state index >= 15 is 0 Å². The van der Waals surface area contributed by atoms with E-state index in [2.05, 4.69) is 10.3 Å². The van der Waals surface area contributed by atoms with Crippen LogP contribution >= 0.6 is 0 Å². The van der Waals surface area contributed by atoms with Gasteiger partial charge in [0, 0.05) is 36.3 Å². The van der Waals surface area contributed by atoms with Crippen molar-refractivity contribution in [3.05, 3.63) is 71.9 Å². The predicted octanol–water partition coefficient (Wildman–Crippen LogP) is 2.47. The van der Waals surface area contributed by atoms with Crippen LogP contribution in [-0.4, -0.2) is 81.2 Å². The minimum absolute atomic E-state index is 0.0657. The summed E-state index contributed by atoms with van der Waals surface area (Å²) in [5, 5.41) is 24.5. The van der Waals surface area contributed by atoms with Crippen LogP contribution in [0.2, 0.25) is 0 Å². The third-order valence-corrected chi connectivity index (χ3v) is 6.50. The lowest BCUT2D eigenvalue weighted by molar-refractivity contribution is -0.141. The van der Waals surface area contributed by atoms with Crippen molar-refractivity contribution in [3.8, 4) is 0 Å². The molecule has 4 N–H and O–H groups in total. The molecule has 1 aliphatic rings. The van der Waals surface area contributed by atoms with E-state index in [1.165, 1.54) is 16.8 Å². The molecule has 184 valence electrons. The molecule has 1 aliphatic heterocycles. The maximum absolute atomic E-state index is 12.9. The zero-order valence-corrected chi connectivity index (χ0v) is 19.6. The number of para-hydroxylation sites is 1. The van der Waals surface area contributed by atoms with E-state index in [1.54, 1.807) is 24.3 Å². The lowest BCUT2D eigenvalue weighted by Gasteiger charge is -2.31. The van der Waals surface area contributed by atoms with Gasteiger partial charge in [-0.05, 0) is 43.0 Å². The number of fused-ring (bicyclic) bond motifs is 1. The van der Waals surface area contributed by atoms with Crippen LogP contribution in [0.15, 0.2) is 60.8 Å². The van der Waals surface area contributed by atoms with E-state index in [0.29, 0.717) is 31.4 Å². The number of aliphatic hydroxyl groups excluding tert-OH is 1. The molecule has 9 nitrogen and oxygen atoms in total. The number of aromatic amines is 1. The summed E-state index contributed by atoms with van der Waals surface area (Å²) in [5.41, 5.74) is 2.35. The number of aliphatic carboxylic acids is 1. The number of aromatic nitrogens is 1. The molecule has 3 amide bonds. The maximum atomic E-state index is 12.9. The van der Waals surface area contributed by atoms with Crippen LogP contribution in [-0.2, 0) is 11.2 Å². The van der Waals surface area contributed by atoms with Crippen molar-refractivity contribution in [2.75, 3.05) is 20.1 Å². The average molecular weight is 479 g/mol. The smallest absolute Gasteiger partial charge is 0.326 e. The van der Waals surface area contributed by atoms with Gasteiger partial charge in [0.15, 0.2) is 0 Å². The lowest BCUT2D eigenvalue weighted by Crippen LogP contribution is -2.53. The standard InChI is InChI=1S/C26H30N4O5/c1-29(26(35)30-13-7-12-22(30)25(33)34)16-23(31)21(28-24(32)17-8-3-2-4-9-17)14-18-15-27-20-11-6-5-10-19(18)20/h2-6,8-11,15,21-23,27,31H,7,12-14,16H2,1H3,(H,28,32)(H,33,34)/t21?,22-,23?/m0/s1. The molecule has 9 heteroatoms. The van der Waals surface area contributed by atoms with E-state index in [1.807, 2.05) is 36.5 Å². The van der Waals surface area contributed by atoms with E-state index in [-0.39, 0.29) is 12.5 Å². The molecule has 3 atom stereocenters. The summed E-state index contributed by atoms with van der Waals surface area (Å²) in [4.78, 5) is 43.2. The number of rotatable bonds is 8. The van der Waals surface area contributed by atoms with Gasteiger partial charge in [0.05, 0.1) is 18.7 Å². The minimum Gasteiger partial charge on any atom is -0.480 e. The molecule has 35 heavy (non-hydrogen) atoms. The summed E-state index contributed by atoms with van der Waals surface area (Å²) in [6.07, 6.45) is 2.14. The Hall–Kier alpha value is -3.85. The SMILES string of the molecule is CN(CC(O)C(Cc1c[nH]c2ccccc12)NC(=O)c1ccccc1)C(=O)N1CCC[C@H]1C(=O)O. The number of hydrogen-bond acceptors (Lipinski definition) is 4. The highest BCUT2D eigenvalue weighted by Gasteiger charge is 2.36. The number of nitrogens with zero attached hydrogens (tertiary/aromatic N) is 2. The number of aliphatic hydroxyl groups is 1. The molecular weight excluding hydrogens is 448 g/mol. The number of likely N-dealkylation sites (tertiary alicyclic amines) is 1. The Morgan fingerprint density at radius 3 is 2.60 bits per heavy atom. The summed E-state index contributed by atoms with van der Waals surface area (Å²) in [5.74, 6) is -1.36. The third-order valence-electron chi connectivity index (χ3n) is 6.50. The largest absolute Gasteiger partial charge is 0.480 e. The van der Waals surface area contributed by atoms with Gasteiger partial charge in [0.1, 0.15) is 6.04 Å². The molecule has 2 aromatic carbocycles. The zero-order valence-electron chi connectivity index (χ0n) is 19.6. The Labute approximate surface area is 203 Å². The molecule has 3 aromatic rings. The first-order valence-electron chi connectivity index (χ1n) is 11.7. The van der Waals surface area contributed by atoms with Gasteiger partial charge in [-0.1, -0.05) is 36.4 Å². The van der Waals surface area contributed by atoms with Crippen molar-refractivity contribution < 1.29 is 24.6 Å². The molecule has 0 bridgehead atoms. The van der Waals surface area contributed by atoms with E-state index in [0.717, 1.165) is 16.5 Å². The van der Waals surface area contributed by atoms with Crippen LogP contribution in [0.1, 0.15) is 28.8 Å². The minimum atomic E-state index is -1.09. The normalized spacial score (nSPS) is 17.2. The Kier molecular flexibility index (Phi) is 7.36.